The van der Waals surface area contributed by atoms with Crippen LogP contribution in [0, 0.1) is 0 Å². The van der Waals surface area contributed by atoms with Gasteiger partial charge in [0.2, 0.25) is 0 Å². The molecule has 0 aromatic rings. The summed E-state index contributed by atoms with van der Waals surface area (Å²) in [6.07, 6.45) is 0.252. The summed E-state index contributed by atoms with van der Waals surface area (Å²) >= 11 is 0. The van der Waals surface area contributed by atoms with Crippen LogP contribution in [0.3, 0.4) is 0 Å². The summed E-state index contributed by atoms with van der Waals surface area (Å²) < 4.78 is 10.5. The van der Waals surface area contributed by atoms with Gasteiger partial charge < -0.3 is 9.47 Å². The van der Waals surface area contributed by atoms with Gasteiger partial charge in [-0.3, -0.25) is 4.90 Å². The number of ether oxygens (including phenoxy) is 2. The molecule has 0 aliphatic rings. The van der Waals surface area contributed by atoms with Gasteiger partial charge in [-0.2, -0.15) is 0 Å². The van der Waals surface area contributed by atoms with E-state index in [1.54, 1.807) is 0 Å². The van der Waals surface area contributed by atoms with E-state index in [1.807, 2.05) is 13.8 Å². The molecule has 0 bridgehead atoms. The van der Waals surface area contributed by atoms with Crippen LogP contribution in [0.1, 0.15) is 27.7 Å². The van der Waals surface area contributed by atoms with Crippen molar-refractivity contribution < 1.29 is 9.47 Å². The third-order valence-corrected chi connectivity index (χ3v) is 1.65. The fraction of sp³-hybridized carbons (Fsp3) is 1.00. The van der Waals surface area contributed by atoms with E-state index in [4.69, 9.17) is 9.47 Å². The molecule has 0 atom stereocenters. The van der Waals surface area contributed by atoms with Gasteiger partial charge in [-0.15, -0.1) is 0 Å². The highest BCUT2D eigenvalue weighted by Crippen LogP contribution is 1.91. The first-order valence-electron chi connectivity index (χ1n) is 4.62. The molecule has 0 fully saturated rings. The van der Waals surface area contributed by atoms with Crippen LogP contribution in [0.15, 0.2) is 0 Å². The molecule has 0 saturated heterocycles. The van der Waals surface area contributed by atoms with E-state index in [0.29, 0.717) is 13.5 Å². The summed E-state index contributed by atoms with van der Waals surface area (Å²) in [6.45, 7) is 11.4. The Morgan fingerprint density at radius 1 is 1.17 bits per heavy atom. The van der Waals surface area contributed by atoms with Crippen LogP contribution in [0.2, 0.25) is 0 Å². The van der Waals surface area contributed by atoms with E-state index in [-0.39, 0.29) is 6.10 Å². The largest absolute Gasteiger partial charge is 0.353 e. The van der Waals surface area contributed by atoms with Crippen molar-refractivity contribution in [3.05, 3.63) is 0 Å². The Morgan fingerprint density at radius 2 is 1.75 bits per heavy atom. The lowest BCUT2D eigenvalue weighted by atomic mass is 10.5. The van der Waals surface area contributed by atoms with Crippen LogP contribution < -0.4 is 0 Å². The molecular formula is C9H21NO2. The number of hydrogen-bond acceptors (Lipinski definition) is 3. The van der Waals surface area contributed by atoms with Crippen LogP contribution in [0.4, 0.5) is 0 Å². The van der Waals surface area contributed by atoms with Crippen LogP contribution in [0.5, 0.6) is 0 Å². The maximum absolute atomic E-state index is 5.29. The summed E-state index contributed by atoms with van der Waals surface area (Å²) in [5, 5.41) is 0. The smallest absolute Gasteiger partial charge is 0.148 e. The van der Waals surface area contributed by atoms with Crippen molar-refractivity contribution in [3.8, 4) is 0 Å². The molecule has 0 aliphatic carbocycles. The Hall–Kier alpha value is -0.120. The molecule has 0 aromatic carbocycles. The van der Waals surface area contributed by atoms with Crippen LogP contribution in [-0.4, -0.2) is 37.6 Å². The zero-order valence-corrected chi connectivity index (χ0v) is 8.67. The highest BCUT2D eigenvalue weighted by Gasteiger charge is 1.98. The van der Waals surface area contributed by atoms with Crippen LogP contribution in [0.25, 0.3) is 0 Å². The second kappa shape index (κ2) is 7.53. The maximum atomic E-state index is 5.29. The zero-order valence-electron chi connectivity index (χ0n) is 8.67. The Balaban J connectivity index is 3.17. The Morgan fingerprint density at radius 3 is 2.17 bits per heavy atom. The molecule has 3 nitrogen and oxygen atoms in total. The van der Waals surface area contributed by atoms with E-state index in [9.17, 15) is 0 Å². The van der Waals surface area contributed by atoms with Gasteiger partial charge in [0, 0.05) is 0 Å². The standard InChI is InChI=1S/C9H21NO2/c1-5-10(6-2)7-11-8-12-9(3)4/h9H,5-8H2,1-4H3. The Labute approximate surface area is 75.6 Å². The van der Waals surface area contributed by atoms with Crippen LogP contribution in [-0.2, 0) is 9.47 Å². The zero-order chi connectivity index (χ0) is 9.40. The third-order valence-electron chi connectivity index (χ3n) is 1.65. The summed E-state index contributed by atoms with van der Waals surface area (Å²) in [4.78, 5) is 2.20. The Kier molecular flexibility index (Phi) is 7.45. The van der Waals surface area contributed by atoms with Gasteiger partial charge in [-0.05, 0) is 26.9 Å². The minimum Gasteiger partial charge on any atom is -0.353 e. The third kappa shape index (κ3) is 6.58. The number of nitrogens with zero attached hydrogens (tertiary/aromatic N) is 1. The van der Waals surface area contributed by atoms with Crippen LogP contribution >= 0.6 is 0 Å². The lowest BCUT2D eigenvalue weighted by Crippen LogP contribution is -2.26. The highest BCUT2D eigenvalue weighted by atomic mass is 16.7. The van der Waals surface area contributed by atoms with Crippen molar-refractivity contribution in [1.29, 1.82) is 0 Å². The van der Waals surface area contributed by atoms with E-state index < -0.39 is 0 Å². The van der Waals surface area contributed by atoms with Gasteiger partial charge in [-0.25, -0.2) is 0 Å². The molecule has 0 rings (SSSR count). The molecule has 0 spiro atoms. The molecule has 0 saturated carbocycles. The van der Waals surface area contributed by atoms with Gasteiger partial charge >= 0.3 is 0 Å². The Bertz CT molecular complexity index is 92.5. The molecule has 0 radical (unpaired) electrons. The SMILES string of the molecule is CCN(CC)COCOC(C)C. The van der Waals surface area contributed by atoms with Gasteiger partial charge in [0.15, 0.2) is 0 Å². The van der Waals surface area contributed by atoms with Crippen molar-refractivity contribution >= 4 is 0 Å². The fourth-order valence-electron chi connectivity index (χ4n) is 0.757. The predicted molar refractivity (Wildman–Crippen MR) is 50.0 cm³/mol. The molecule has 0 unspecified atom stereocenters. The highest BCUT2D eigenvalue weighted by molar-refractivity contribution is 4.42. The molecule has 0 aromatic heterocycles. The topological polar surface area (TPSA) is 21.7 Å². The average molecular weight is 175 g/mol. The molecule has 3 heteroatoms. The lowest BCUT2D eigenvalue weighted by Gasteiger charge is -2.18. The fourth-order valence-corrected chi connectivity index (χ4v) is 0.757. The van der Waals surface area contributed by atoms with Crippen molar-refractivity contribution in [2.75, 3.05) is 26.6 Å². The van der Waals surface area contributed by atoms with Gasteiger partial charge in [0.05, 0.1) is 6.10 Å². The van der Waals surface area contributed by atoms with Crippen molar-refractivity contribution in [2.45, 2.75) is 33.8 Å². The van der Waals surface area contributed by atoms with E-state index in [2.05, 4.69) is 18.7 Å². The van der Waals surface area contributed by atoms with Gasteiger partial charge in [-0.1, -0.05) is 13.8 Å². The van der Waals surface area contributed by atoms with Crippen molar-refractivity contribution in [3.63, 3.8) is 0 Å². The van der Waals surface area contributed by atoms with E-state index in [1.165, 1.54) is 0 Å². The minimum atomic E-state index is 0.252. The first kappa shape index (κ1) is 11.9. The molecular weight excluding hydrogens is 154 g/mol. The summed E-state index contributed by atoms with van der Waals surface area (Å²) in [7, 11) is 0. The second-order valence-electron chi connectivity index (χ2n) is 2.97. The molecule has 0 heterocycles. The number of rotatable bonds is 7. The van der Waals surface area contributed by atoms with Crippen molar-refractivity contribution in [2.24, 2.45) is 0 Å². The average Bonchev–Trinajstić information content (AvgIpc) is 2.04. The molecule has 0 N–H and O–H groups in total. The summed E-state index contributed by atoms with van der Waals surface area (Å²) in [5.41, 5.74) is 0. The minimum absolute atomic E-state index is 0.252. The number of hydrogen-bond donors (Lipinski definition) is 0. The molecule has 0 aliphatic heterocycles. The quantitative estimate of drug-likeness (QED) is 0.434. The predicted octanol–water partition coefficient (Wildman–Crippen LogP) is 1.68. The summed E-state index contributed by atoms with van der Waals surface area (Å²) in [5.74, 6) is 0. The monoisotopic (exact) mass is 175 g/mol. The lowest BCUT2D eigenvalue weighted by molar-refractivity contribution is -0.107. The normalized spacial score (nSPS) is 11.5. The van der Waals surface area contributed by atoms with Gasteiger partial charge in [0.1, 0.15) is 13.5 Å². The molecule has 12 heavy (non-hydrogen) atoms. The van der Waals surface area contributed by atoms with E-state index >= 15 is 0 Å². The van der Waals surface area contributed by atoms with E-state index in [0.717, 1.165) is 13.1 Å². The maximum Gasteiger partial charge on any atom is 0.148 e. The first-order chi connectivity index (χ1) is 5.70. The second-order valence-corrected chi connectivity index (χ2v) is 2.97. The molecule has 0 amide bonds. The molecule has 74 valence electrons. The summed E-state index contributed by atoms with van der Waals surface area (Å²) in [6, 6.07) is 0. The van der Waals surface area contributed by atoms with Gasteiger partial charge in [0.25, 0.3) is 0 Å². The van der Waals surface area contributed by atoms with Crippen molar-refractivity contribution in [1.82, 2.24) is 4.90 Å². The first-order valence-corrected chi connectivity index (χ1v) is 4.62.